The Morgan fingerprint density at radius 1 is 0.966 bits per heavy atom. The van der Waals surface area contributed by atoms with Crippen molar-refractivity contribution in [3.63, 3.8) is 0 Å². The molecule has 0 aliphatic rings. The molecule has 144 valence electrons. The van der Waals surface area contributed by atoms with E-state index < -0.39 is 5.82 Å². The zero-order valence-corrected chi connectivity index (χ0v) is 16.3. The highest BCUT2D eigenvalue weighted by atomic mass is 35.5. The number of nitrogens with zero attached hydrogens (tertiary/aromatic N) is 1. The van der Waals surface area contributed by atoms with Gasteiger partial charge in [0, 0.05) is 27.3 Å². The van der Waals surface area contributed by atoms with Crippen molar-refractivity contribution in [2.75, 3.05) is 10.6 Å². The number of amides is 1. The number of rotatable bonds is 4. The molecule has 1 aromatic heterocycles. The monoisotopic (exact) mass is 405 g/mol. The molecule has 0 atom stereocenters. The van der Waals surface area contributed by atoms with E-state index in [1.807, 2.05) is 49.4 Å². The molecule has 6 heteroatoms. The minimum Gasteiger partial charge on any atom is -0.340 e. The van der Waals surface area contributed by atoms with E-state index in [0.717, 1.165) is 22.2 Å². The van der Waals surface area contributed by atoms with Crippen LogP contribution in [-0.4, -0.2) is 10.9 Å². The Morgan fingerprint density at radius 3 is 2.59 bits per heavy atom. The molecule has 0 unspecified atom stereocenters. The average molecular weight is 406 g/mol. The van der Waals surface area contributed by atoms with Crippen LogP contribution in [0.4, 0.5) is 21.6 Å². The molecule has 0 aliphatic carbocycles. The van der Waals surface area contributed by atoms with Crippen molar-refractivity contribution < 1.29 is 9.18 Å². The van der Waals surface area contributed by atoms with Gasteiger partial charge >= 0.3 is 0 Å². The quantitative estimate of drug-likeness (QED) is 0.417. The van der Waals surface area contributed by atoms with E-state index in [1.54, 1.807) is 12.1 Å². The van der Waals surface area contributed by atoms with E-state index in [1.165, 1.54) is 18.2 Å². The van der Waals surface area contributed by atoms with Gasteiger partial charge in [0.15, 0.2) is 0 Å². The Labute approximate surface area is 172 Å². The van der Waals surface area contributed by atoms with Crippen LogP contribution in [-0.2, 0) is 0 Å². The first-order valence-electron chi connectivity index (χ1n) is 8.99. The zero-order valence-electron chi connectivity index (χ0n) is 15.5. The number of hydrogen-bond donors (Lipinski definition) is 2. The summed E-state index contributed by atoms with van der Waals surface area (Å²) in [6, 6.07) is 20.4. The molecule has 1 amide bonds. The first kappa shape index (κ1) is 18.9. The lowest BCUT2D eigenvalue weighted by Crippen LogP contribution is -2.12. The van der Waals surface area contributed by atoms with Gasteiger partial charge in [0.25, 0.3) is 5.91 Å². The van der Waals surface area contributed by atoms with Crippen LogP contribution in [0.25, 0.3) is 10.9 Å². The van der Waals surface area contributed by atoms with Gasteiger partial charge in [-0.15, -0.1) is 0 Å². The number of benzene rings is 3. The lowest BCUT2D eigenvalue weighted by molar-refractivity contribution is 0.102. The molecule has 0 radical (unpaired) electrons. The van der Waals surface area contributed by atoms with Crippen LogP contribution in [0.15, 0.2) is 72.8 Å². The topological polar surface area (TPSA) is 54.0 Å². The predicted octanol–water partition coefficient (Wildman–Crippen LogP) is 6.33. The number of pyridine rings is 1. The molecule has 4 nitrogen and oxygen atoms in total. The third-order valence-corrected chi connectivity index (χ3v) is 4.69. The van der Waals surface area contributed by atoms with Gasteiger partial charge in [-0.05, 0) is 73.2 Å². The Balaban J connectivity index is 1.59. The summed E-state index contributed by atoms with van der Waals surface area (Å²) in [6.07, 6.45) is 0. The molecule has 0 spiro atoms. The molecule has 4 aromatic rings. The van der Waals surface area contributed by atoms with E-state index in [4.69, 9.17) is 11.6 Å². The molecule has 1 heterocycles. The van der Waals surface area contributed by atoms with Crippen LogP contribution in [0.5, 0.6) is 0 Å². The maximum atomic E-state index is 13.3. The Hall–Kier alpha value is -3.44. The predicted molar refractivity (Wildman–Crippen MR) is 116 cm³/mol. The summed E-state index contributed by atoms with van der Waals surface area (Å²) in [5.41, 5.74) is 3.52. The number of aromatic nitrogens is 1. The molecule has 0 saturated heterocycles. The first-order valence-corrected chi connectivity index (χ1v) is 9.37. The molecule has 3 aromatic carbocycles. The summed E-state index contributed by atoms with van der Waals surface area (Å²) < 4.78 is 13.3. The third kappa shape index (κ3) is 4.36. The highest BCUT2D eigenvalue weighted by Crippen LogP contribution is 2.26. The van der Waals surface area contributed by atoms with Crippen molar-refractivity contribution in [2.24, 2.45) is 0 Å². The van der Waals surface area contributed by atoms with Gasteiger partial charge in [-0.2, -0.15) is 0 Å². The normalized spacial score (nSPS) is 10.7. The van der Waals surface area contributed by atoms with E-state index >= 15 is 0 Å². The van der Waals surface area contributed by atoms with Crippen molar-refractivity contribution in [1.82, 2.24) is 4.98 Å². The molecule has 0 aliphatic heterocycles. The molecule has 0 bridgehead atoms. The number of carbonyl (C=O) groups excluding carboxylic acids is 1. The number of halogens is 2. The van der Waals surface area contributed by atoms with E-state index in [0.29, 0.717) is 16.5 Å². The molecular weight excluding hydrogens is 389 g/mol. The van der Waals surface area contributed by atoms with Gasteiger partial charge in [0.2, 0.25) is 0 Å². The first-order chi connectivity index (χ1) is 14.0. The van der Waals surface area contributed by atoms with Gasteiger partial charge in [-0.3, -0.25) is 4.79 Å². The number of anilines is 3. The third-order valence-electron chi connectivity index (χ3n) is 4.46. The lowest BCUT2D eigenvalue weighted by Gasteiger charge is -2.11. The Kier molecular flexibility index (Phi) is 5.14. The van der Waals surface area contributed by atoms with Crippen LogP contribution >= 0.6 is 11.6 Å². The van der Waals surface area contributed by atoms with Crippen LogP contribution in [0.1, 0.15) is 15.9 Å². The highest BCUT2D eigenvalue weighted by Gasteiger charge is 2.09. The summed E-state index contributed by atoms with van der Waals surface area (Å²) in [5.74, 6) is -0.113. The molecule has 29 heavy (non-hydrogen) atoms. The highest BCUT2D eigenvalue weighted by molar-refractivity contribution is 6.30. The molecule has 2 N–H and O–H groups in total. The summed E-state index contributed by atoms with van der Waals surface area (Å²) >= 11 is 6.03. The maximum absolute atomic E-state index is 13.3. The second kappa shape index (κ2) is 7.89. The van der Waals surface area contributed by atoms with Crippen molar-refractivity contribution >= 4 is 45.6 Å². The average Bonchev–Trinajstić information content (AvgIpc) is 2.68. The molecule has 4 rings (SSSR count). The van der Waals surface area contributed by atoms with Gasteiger partial charge < -0.3 is 10.6 Å². The van der Waals surface area contributed by atoms with Crippen molar-refractivity contribution in [1.29, 1.82) is 0 Å². The van der Waals surface area contributed by atoms with Gasteiger partial charge in [-0.25, -0.2) is 9.37 Å². The number of fused-ring (bicyclic) bond motifs is 1. The molecule has 0 saturated carbocycles. The fourth-order valence-electron chi connectivity index (χ4n) is 3.08. The number of aryl methyl sites for hydroxylation is 1. The van der Waals surface area contributed by atoms with E-state index in [-0.39, 0.29) is 11.5 Å². The second-order valence-corrected chi connectivity index (χ2v) is 7.09. The summed E-state index contributed by atoms with van der Waals surface area (Å²) in [4.78, 5) is 17.0. The summed E-state index contributed by atoms with van der Waals surface area (Å²) in [5, 5.41) is 7.61. The van der Waals surface area contributed by atoms with Crippen LogP contribution in [0.3, 0.4) is 0 Å². The van der Waals surface area contributed by atoms with E-state index in [2.05, 4.69) is 15.6 Å². The van der Waals surface area contributed by atoms with Gasteiger partial charge in [0.05, 0.1) is 5.52 Å². The summed E-state index contributed by atoms with van der Waals surface area (Å²) in [7, 11) is 0. The number of hydrogen-bond acceptors (Lipinski definition) is 3. The SMILES string of the molecule is Cc1cc(Nc2cccc(Cl)c2)nc2ccc(NC(=O)c3cccc(F)c3)cc12. The van der Waals surface area contributed by atoms with Gasteiger partial charge in [0.1, 0.15) is 11.6 Å². The number of carbonyl (C=O) groups is 1. The van der Waals surface area contributed by atoms with Crippen LogP contribution in [0, 0.1) is 12.7 Å². The maximum Gasteiger partial charge on any atom is 0.255 e. The number of nitrogens with one attached hydrogen (secondary N) is 2. The second-order valence-electron chi connectivity index (χ2n) is 6.66. The lowest BCUT2D eigenvalue weighted by atomic mass is 10.1. The standard InChI is InChI=1S/C23H17ClFN3O/c1-14-10-22(26-18-7-3-5-16(24)12-18)28-21-9-8-19(13-20(14)21)27-23(29)15-4-2-6-17(25)11-15/h2-13H,1H3,(H,26,28)(H,27,29). The minimum absolute atomic E-state index is 0.265. The van der Waals surface area contributed by atoms with Gasteiger partial charge in [-0.1, -0.05) is 23.7 Å². The van der Waals surface area contributed by atoms with Crippen LogP contribution in [0.2, 0.25) is 5.02 Å². The van der Waals surface area contributed by atoms with E-state index in [9.17, 15) is 9.18 Å². The zero-order chi connectivity index (χ0) is 20.4. The fourth-order valence-corrected chi connectivity index (χ4v) is 3.27. The molecule has 0 fully saturated rings. The van der Waals surface area contributed by atoms with Crippen molar-refractivity contribution in [3.05, 3.63) is 94.8 Å². The Bertz CT molecular complexity index is 1230. The van der Waals surface area contributed by atoms with Crippen molar-refractivity contribution in [2.45, 2.75) is 6.92 Å². The largest absolute Gasteiger partial charge is 0.340 e. The molecular formula is C23H17ClFN3O. The minimum atomic E-state index is -0.448. The fraction of sp³-hybridized carbons (Fsp3) is 0.0435. The van der Waals surface area contributed by atoms with Crippen LogP contribution < -0.4 is 10.6 Å². The Morgan fingerprint density at radius 2 is 1.79 bits per heavy atom. The summed E-state index contributed by atoms with van der Waals surface area (Å²) in [6.45, 7) is 1.98. The van der Waals surface area contributed by atoms with Crippen molar-refractivity contribution in [3.8, 4) is 0 Å². The smallest absolute Gasteiger partial charge is 0.255 e.